The summed E-state index contributed by atoms with van der Waals surface area (Å²) in [6, 6.07) is 19.0. The fourth-order valence-electron chi connectivity index (χ4n) is 3.09. The van der Waals surface area contributed by atoms with E-state index < -0.39 is 21.9 Å². The van der Waals surface area contributed by atoms with Crippen molar-refractivity contribution in [3.63, 3.8) is 0 Å². The lowest BCUT2D eigenvalue weighted by atomic mass is 10.1. The standard InChI is InChI=1S/C22H22FNO3S/c1-16-6-4-8-20(14-16)24(17(2)18-7-5-9-21(15-18)27-3)28(25,26)22-12-10-19(23)11-13-22/h4-15,17H,1-3H3/t17-/m1/s1. The van der Waals surface area contributed by atoms with E-state index in [0.717, 1.165) is 23.3 Å². The highest BCUT2D eigenvalue weighted by Gasteiger charge is 2.30. The molecule has 4 nitrogen and oxygen atoms in total. The second-order valence-electron chi connectivity index (χ2n) is 6.55. The summed E-state index contributed by atoms with van der Waals surface area (Å²) in [5.41, 5.74) is 2.26. The lowest BCUT2D eigenvalue weighted by Gasteiger charge is -2.31. The van der Waals surface area contributed by atoms with Crippen LogP contribution in [0.25, 0.3) is 0 Å². The van der Waals surface area contributed by atoms with Crippen molar-refractivity contribution in [1.82, 2.24) is 0 Å². The number of hydrogen-bond donors (Lipinski definition) is 0. The van der Waals surface area contributed by atoms with Crippen LogP contribution < -0.4 is 9.04 Å². The number of benzene rings is 3. The van der Waals surface area contributed by atoms with Crippen molar-refractivity contribution < 1.29 is 17.5 Å². The molecule has 0 bridgehead atoms. The van der Waals surface area contributed by atoms with Gasteiger partial charge < -0.3 is 4.74 Å². The van der Waals surface area contributed by atoms with E-state index in [1.165, 1.54) is 16.4 Å². The van der Waals surface area contributed by atoms with E-state index in [0.29, 0.717) is 11.4 Å². The molecular formula is C22H22FNO3S. The second-order valence-corrected chi connectivity index (χ2v) is 8.36. The number of sulfonamides is 1. The predicted molar refractivity (Wildman–Crippen MR) is 109 cm³/mol. The number of aryl methyl sites for hydroxylation is 1. The van der Waals surface area contributed by atoms with Gasteiger partial charge in [0.2, 0.25) is 0 Å². The average molecular weight is 399 g/mol. The number of methoxy groups -OCH3 is 1. The van der Waals surface area contributed by atoms with Gasteiger partial charge in [-0.1, -0.05) is 24.3 Å². The topological polar surface area (TPSA) is 46.6 Å². The van der Waals surface area contributed by atoms with E-state index >= 15 is 0 Å². The second kappa shape index (κ2) is 8.02. The van der Waals surface area contributed by atoms with E-state index in [9.17, 15) is 12.8 Å². The summed E-state index contributed by atoms with van der Waals surface area (Å²) in [5, 5.41) is 0. The van der Waals surface area contributed by atoms with Gasteiger partial charge in [-0.2, -0.15) is 0 Å². The Kier molecular flexibility index (Phi) is 5.70. The lowest BCUT2D eigenvalue weighted by molar-refractivity contribution is 0.414. The largest absolute Gasteiger partial charge is 0.497 e. The monoisotopic (exact) mass is 399 g/mol. The van der Waals surface area contributed by atoms with E-state index in [1.54, 1.807) is 13.2 Å². The molecule has 6 heteroatoms. The molecule has 0 N–H and O–H groups in total. The van der Waals surface area contributed by atoms with Crippen LogP contribution in [0.2, 0.25) is 0 Å². The highest BCUT2D eigenvalue weighted by molar-refractivity contribution is 7.92. The van der Waals surface area contributed by atoms with Crippen LogP contribution in [0.1, 0.15) is 24.1 Å². The molecule has 0 aliphatic carbocycles. The molecule has 0 saturated heterocycles. The Bertz CT molecular complexity index is 1070. The number of ether oxygens (including phenoxy) is 1. The van der Waals surface area contributed by atoms with Crippen molar-refractivity contribution in [2.75, 3.05) is 11.4 Å². The quantitative estimate of drug-likeness (QED) is 0.579. The van der Waals surface area contributed by atoms with Gasteiger partial charge in [0.15, 0.2) is 0 Å². The maximum Gasteiger partial charge on any atom is 0.264 e. The average Bonchev–Trinajstić information content (AvgIpc) is 2.68. The van der Waals surface area contributed by atoms with E-state index in [-0.39, 0.29) is 4.90 Å². The van der Waals surface area contributed by atoms with Gasteiger partial charge in [-0.15, -0.1) is 0 Å². The fraction of sp³-hybridized carbons (Fsp3) is 0.182. The van der Waals surface area contributed by atoms with E-state index in [2.05, 4.69) is 0 Å². The maximum absolute atomic E-state index is 13.5. The zero-order valence-electron chi connectivity index (χ0n) is 16.0. The van der Waals surface area contributed by atoms with Crippen molar-refractivity contribution in [2.45, 2.75) is 24.8 Å². The number of halogens is 1. The Labute approximate surface area is 165 Å². The Morgan fingerprint density at radius 3 is 2.29 bits per heavy atom. The van der Waals surface area contributed by atoms with Gasteiger partial charge in [0.1, 0.15) is 11.6 Å². The first-order valence-corrected chi connectivity index (χ1v) is 10.3. The Balaban J connectivity index is 2.15. The highest BCUT2D eigenvalue weighted by atomic mass is 32.2. The summed E-state index contributed by atoms with van der Waals surface area (Å²) in [5.74, 6) is 0.162. The third-order valence-electron chi connectivity index (χ3n) is 4.55. The van der Waals surface area contributed by atoms with Gasteiger partial charge in [0.25, 0.3) is 10.0 Å². The number of anilines is 1. The summed E-state index contributed by atoms with van der Waals surface area (Å²) in [7, 11) is -2.36. The minimum absolute atomic E-state index is 0.0325. The number of nitrogens with zero attached hydrogens (tertiary/aromatic N) is 1. The fourth-order valence-corrected chi connectivity index (χ4v) is 4.73. The van der Waals surface area contributed by atoms with Crippen LogP contribution in [-0.2, 0) is 10.0 Å². The molecule has 0 amide bonds. The van der Waals surface area contributed by atoms with Crippen molar-refractivity contribution in [3.05, 3.63) is 89.7 Å². The van der Waals surface area contributed by atoms with Crippen LogP contribution in [0.4, 0.5) is 10.1 Å². The van der Waals surface area contributed by atoms with Crippen LogP contribution in [0.3, 0.4) is 0 Å². The molecule has 28 heavy (non-hydrogen) atoms. The molecule has 0 saturated carbocycles. The first-order valence-electron chi connectivity index (χ1n) is 8.83. The van der Waals surface area contributed by atoms with Crippen molar-refractivity contribution in [2.24, 2.45) is 0 Å². The van der Waals surface area contributed by atoms with Gasteiger partial charge in [-0.05, 0) is 73.5 Å². The molecule has 0 aliphatic heterocycles. The number of hydrogen-bond acceptors (Lipinski definition) is 3. The van der Waals surface area contributed by atoms with Crippen molar-refractivity contribution in [1.29, 1.82) is 0 Å². The van der Waals surface area contributed by atoms with Gasteiger partial charge in [-0.3, -0.25) is 4.31 Å². The first-order chi connectivity index (χ1) is 13.3. The molecular weight excluding hydrogens is 377 g/mol. The Morgan fingerprint density at radius 2 is 1.64 bits per heavy atom. The Morgan fingerprint density at radius 1 is 0.964 bits per heavy atom. The minimum atomic E-state index is -3.93. The molecule has 0 spiro atoms. The molecule has 1 atom stereocenters. The third-order valence-corrected chi connectivity index (χ3v) is 6.47. The van der Waals surface area contributed by atoms with E-state index in [1.807, 2.05) is 56.3 Å². The van der Waals surface area contributed by atoms with Crippen molar-refractivity contribution in [3.8, 4) is 5.75 Å². The summed E-state index contributed by atoms with van der Waals surface area (Å²) in [6.07, 6.45) is 0. The maximum atomic E-state index is 13.5. The third kappa shape index (κ3) is 4.02. The molecule has 0 aromatic heterocycles. The van der Waals surface area contributed by atoms with Gasteiger partial charge in [-0.25, -0.2) is 12.8 Å². The number of rotatable bonds is 6. The zero-order valence-corrected chi connectivity index (χ0v) is 16.8. The van der Waals surface area contributed by atoms with Gasteiger partial charge >= 0.3 is 0 Å². The van der Waals surface area contributed by atoms with Crippen molar-refractivity contribution >= 4 is 15.7 Å². The molecule has 3 aromatic rings. The van der Waals surface area contributed by atoms with Crippen LogP contribution in [0, 0.1) is 12.7 Å². The summed E-state index contributed by atoms with van der Waals surface area (Å²) in [6.45, 7) is 3.72. The molecule has 0 radical (unpaired) electrons. The van der Waals surface area contributed by atoms with E-state index in [4.69, 9.17) is 4.74 Å². The molecule has 146 valence electrons. The lowest BCUT2D eigenvalue weighted by Crippen LogP contribution is -2.33. The Hall–Kier alpha value is -2.86. The zero-order chi connectivity index (χ0) is 20.3. The predicted octanol–water partition coefficient (Wildman–Crippen LogP) is 5.10. The molecule has 3 rings (SSSR count). The first kappa shape index (κ1) is 19.9. The summed E-state index contributed by atoms with van der Waals surface area (Å²) < 4.78 is 47.0. The highest BCUT2D eigenvalue weighted by Crippen LogP contribution is 2.34. The summed E-state index contributed by atoms with van der Waals surface area (Å²) >= 11 is 0. The van der Waals surface area contributed by atoms with Crippen LogP contribution in [0.5, 0.6) is 5.75 Å². The summed E-state index contributed by atoms with van der Waals surface area (Å²) in [4.78, 5) is 0.0325. The van der Waals surface area contributed by atoms with Crippen LogP contribution in [-0.4, -0.2) is 15.5 Å². The molecule has 0 aliphatic rings. The molecule has 0 unspecified atom stereocenters. The molecule has 0 fully saturated rings. The molecule has 3 aromatic carbocycles. The SMILES string of the molecule is COc1cccc([C@@H](C)N(c2cccc(C)c2)S(=O)(=O)c2ccc(F)cc2)c1. The molecule has 0 heterocycles. The smallest absolute Gasteiger partial charge is 0.264 e. The van der Waals surface area contributed by atoms with Gasteiger partial charge in [0, 0.05) is 0 Å². The normalized spacial score (nSPS) is 12.4. The van der Waals surface area contributed by atoms with Gasteiger partial charge in [0.05, 0.1) is 23.7 Å². The van der Waals surface area contributed by atoms with Crippen LogP contribution >= 0.6 is 0 Å². The minimum Gasteiger partial charge on any atom is -0.497 e. The van der Waals surface area contributed by atoms with Crippen LogP contribution in [0.15, 0.2) is 77.7 Å².